The fraction of sp³-hybridized carbons (Fsp3) is 0.125. The molecule has 4 rings (SSSR count). The van der Waals surface area contributed by atoms with Crippen molar-refractivity contribution >= 4 is 23.4 Å². The summed E-state index contributed by atoms with van der Waals surface area (Å²) in [6.07, 6.45) is 0. The van der Waals surface area contributed by atoms with Gasteiger partial charge in [0, 0.05) is 11.3 Å². The van der Waals surface area contributed by atoms with E-state index in [1.165, 1.54) is 23.9 Å². The van der Waals surface area contributed by atoms with Crippen LogP contribution in [0, 0.1) is 5.82 Å². The van der Waals surface area contributed by atoms with Gasteiger partial charge in [0.25, 0.3) is 0 Å². The lowest BCUT2D eigenvalue weighted by Gasteiger charge is -2.12. The number of thioether (sulfide) groups is 1. The summed E-state index contributed by atoms with van der Waals surface area (Å²) in [7, 11) is 3.21. The van der Waals surface area contributed by atoms with E-state index in [1.54, 1.807) is 26.4 Å². The lowest BCUT2D eigenvalue weighted by molar-refractivity contribution is -0.113. The molecule has 1 amide bonds. The molecule has 1 N–H and O–H groups in total. The highest BCUT2D eigenvalue weighted by Crippen LogP contribution is 2.30. The van der Waals surface area contributed by atoms with Gasteiger partial charge in [0.1, 0.15) is 17.3 Å². The van der Waals surface area contributed by atoms with Crippen molar-refractivity contribution in [2.45, 2.75) is 5.16 Å². The number of methoxy groups -OCH3 is 2. The van der Waals surface area contributed by atoms with Gasteiger partial charge >= 0.3 is 0 Å². The van der Waals surface area contributed by atoms with Gasteiger partial charge in [0.2, 0.25) is 5.91 Å². The molecule has 0 spiro atoms. The first-order valence-corrected chi connectivity index (χ1v) is 11.0. The van der Waals surface area contributed by atoms with E-state index >= 15 is 0 Å². The minimum atomic E-state index is -0.487. The molecule has 0 fully saturated rings. The number of ether oxygens (including phenoxy) is 2. The van der Waals surface area contributed by atoms with Gasteiger partial charge in [0.15, 0.2) is 11.0 Å². The quantitative estimate of drug-likeness (QED) is 0.377. The fourth-order valence-corrected chi connectivity index (χ4v) is 3.89. The van der Waals surface area contributed by atoms with E-state index in [0.717, 1.165) is 22.7 Å². The third-order valence-electron chi connectivity index (χ3n) is 4.79. The third kappa shape index (κ3) is 5.15. The molecule has 0 saturated heterocycles. The van der Waals surface area contributed by atoms with Gasteiger partial charge in [-0.25, -0.2) is 4.39 Å². The molecule has 0 aliphatic rings. The van der Waals surface area contributed by atoms with E-state index in [0.29, 0.717) is 11.0 Å². The van der Waals surface area contributed by atoms with Crippen LogP contribution in [0.4, 0.5) is 10.1 Å². The number of hydrogen-bond donors (Lipinski definition) is 1. The summed E-state index contributed by atoms with van der Waals surface area (Å²) in [6, 6.07) is 21.0. The second-order valence-electron chi connectivity index (χ2n) is 6.88. The highest BCUT2D eigenvalue weighted by atomic mass is 32.2. The highest BCUT2D eigenvalue weighted by molar-refractivity contribution is 7.99. The molecule has 0 unspecified atom stereocenters. The molecule has 1 aromatic heterocycles. The van der Waals surface area contributed by atoms with Crippen LogP contribution in [-0.2, 0) is 4.79 Å². The molecule has 4 aromatic rings. The van der Waals surface area contributed by atoms with Crippen LogP contribution in [0.5, 0.6) is 11.5 Å². The normalized spacial score (nSPS) is 10.6. The minimum absolute atomic E-state index is 0.0330. The lowest BCUT2D eigenvalue weighted by atomic mass is 10.2. The largest absolute Gasteiger partial charge is 0.497 e. The van der Waals surface area contributed by atoms with Gasteiger partial charge in [-0.1, -0.05) is 23.9 Å². The number of anilines is 1. The van der Waals surface area contributed by atoms with Crippen LogP contribution >= 0.6 is 11.8 Å². The van der Waals surface area contributed by atoms with Crippen LogP contribution < -0.4 is 14.8 Å². The van der Waals surface area contributed by atoms with Crippen molar-refractivity contribution < 1.29 is 18.7 Å². The van der Waals surface area contributed by atoms with Crippen molar-refractivity contribution in [3.05, 3.63) is 78.6 Å². The van der Waals surface area contributed by atoms with E-state index < -0.39 is 5.82 Å². The highest BCUT2D eigenvalue weighted by Gasteiger charge is 2.18. The molecule has 3 aromatic carbocycles. The van der Waals surface area contributed by atoms with Crippen molar-refractivity contribution in [2.24, 2.45) is 0 Å². The average molecular weight is 465 g/mol. The van der Waals surface area contributed by atoms with E-state index in [2.05, 4.69) is 15.5 Å². The molecule has 0 atom stereocenters. The van der Waals surface area contributed by atoms with Crippen LogP contribution in [0.15, 0.2) is 78.0 Å². The zero-order chi connectivity index (χ0) is 23.2. The maximum atomic E-state index is 13.8. The van der Waals surface area contributed by atoms with E-state index in [-0.39, 0.29) is 17.3 Å². The number of nitrogens with one attached hydrogen (secondary N) is 1. The van der Waals surface area contributed by atoms with Gasteiger partial charge < -0.3 is 14.8 Å². The first-order valence-electron chi connectivity index (χ1n) is 10.0. The third-order valence-corrected chi connectivity index (χ3v) is 5.72. The summed E-state index contributed by atoms with van der Waals surface area (Å²) in [5, 5.41) is 11.8. The van der Waals surface area contributed by atoms with E-state index in [4.69, 9.17) is 9.47 Å². The van der Waals surface area contributed by atoms with Crippen molar-refractivity contribution in [1.29, 1.82) is 0 Å². The Morgan fingerprint density at radius 2 is 1.58 bits per heavy atom. The topological polar surface area (TPSA) is 78.3 Å². The van der Waals surface area contributed by atoms with Crippen LogP contribution in [0.2, 0.25) is 0 Å². The molecule has 0 aliphatic heterocycles. The fourth-order valence-electron chi connectivity index (χ4n) is 3.13. The van der Waals surface area contributed by atoms with Gasteiger partial charge in [-0.15, -0.1) is 10.2 Å². The number of amides is 1. The zero-order valence-corrected chi connectivity index (χ0v) is 18.8. The Bertz CT molecular complexity index is 1240. The van der Waals surface area contributed by atoms with E-state index in [9.17, 15) is 9.18 Å². The number of aromatic nitrogens is 3. The SMILES string of the molecule is COc1ccc(-c2nnc(SCC(=O)Nc3ccccc3F)n2-c2ccc(OC)cc2)cc1. The summed E-state index contributed by atoms with van der Waals surface area (Å²) in [4.78, 5) is 12.4. The smallest absolute Gasteiger partial charge is 0.234 e. The second kappa shape index (κ2) is 10.2. The lowest BCUT2D eigenvalue weighted by Crippen LogP contribution is -2.15. The van der Waals surface area contributed by atoms with E-state index in [1.807, 2.05) is 53.1 Å². The van der Waals surface area contributed by atoms with Gasteiger partial charge in [-0.2, -0.15) is 0 Å². The Balaban J connectivity index is 1.62. The molecule has 7 nitrogen and oxygen atoms in total. The van der Waals surface area contributed by atoms with Crippen LogP contribution in [0.1, 0.15) is 0 Å². The number of carbonyl (C=O) groups excluding carboxylic acids is 1. The summed E-state index contributed by atoms with van der Waals surface area (Å²) >= 11 is 1.21. The molecule has 0 aliphatic carbocycles. The first-order chi connectivity index (χ1) is 16.1. The van der Waals surface area contributed by atoms with Crippen LogP contribution in [0.3, 0.4) is 0 Å². The minimum Gasteiger partial charge on any atom is -0.497 e. The predicted molar refractivity (Wildman–Crippen MR) is 126 cm³/mol. The number of nitrogens with zero attached hydrogens (tertiary/aromatic N) is 3. The Kier molecular flexibility index (Phi) is 6.89. The van der Waals surface area contributed by atoms with Crippen LogP contribution in [-0.4, -0.2) is 40.6 Å². The number of rotatable bonds is 8. The molecule has 0 radical (unpaired) electrons. The number of hydrogen-bond acceptors (Lipinski definition) is 6. The first kappa shape index (κ1) is 22.3. The van der Waals surface area contributed by atoms with Crippen molar-refractivity contribution in [2.75, 3.05) is 25.3 Å². The molecule has 33 heavy (non-hydrogen) atoms. The molecule has 0 bridgehead atoms. The number of halogens is 1. The van der Waals surface area contributed by atoms with Gasteiger partial charge in [-0.3, -0.25) is 9.36 Å². The average Bonchev–Trinajstić information content (AvgIpc) is 3.28. The summed E-state index contributed by atoms with van der Waals surface area (Å²) in [6.45, 7) is 0. The summed E-state index contributed by atoms with van der Waals surface area (Å²) in [5.74, 6) is 1.26. The maximum Gasteiger partial charge on any atom is 0.234 e. The van der Waals surface area contributed by atoms with Crippen molar-refractivity contribution in [1.82, 2.24) is 14.8 Å². The molecule has 168 valence electrons. The Hall–Kier alpha value is -3.85. The van der Waals surface area contributed by atoms with Crippen LogP contribution in [0.25, 0.3) is 17.1 Å². The number of benzene rings is 3. The van der Waals surface area contributed by atoms with Crippen molar-refractivity contribution in [3.8, 4) is 28.6 Å². The molecule has 1 heterocycles. The number of para-hydroxylation sites is 1. The maximum absolute atomic E-state index is 13.8. The molecule has 9 heteroatoms. The van der Waals surface area contributed by atoms with Crippen molar-refractivity contribution in [3.63, 3.8) is 0 Å². The number of carbonyl (C=O) groups is 1. The predicted octanol–water partition coefficient (Wildman–Crippen LogP) is 4.82. The molecular weight excluding hydrogens is 443 g/mol. The molecule has 0 saturated carbocycles. The summed E-state index contributed by atoms with van der Waals surface area (Å²) in [5.41, 5.74) is 1.78. The standard InChI is InChI=1S/C24H21FN4O3S/c1-31-18-11-7-16(8-12-18)23-27-28-24(29(23)17-9-13-19(32-2)14-10-17)33-15-22(30)26-21-6-4-3-5-20(21)25/h3-14H,15H2,1-2H3,(H,26,30). The zero-order valence-electron chi connectivity index (χ0n) is 18.0. The Morgan fingerprint density at radius 1 is 0.939 bits per heavy atom. The van der Waals surface area contributed by atoms with Gasteiger partial charge in [0.05, 0.1) is 25.7 Å². The monoisotopic (exact) mass is 464 g/mol. The second-order valence-corrected chi connectivity index (χ2v) is 7.83. The van der Waals surface area contributed by atoms with Gasteiger partial charge in [-0.05, 0) is 60.7 Å². The molecular formula is C24H21FN4O3S. The Labute approximate surface area is 194 Å². The Morgan fingerprint density at radius 3 is 2.21 bits per heavy atom. The summed E-state index contributed by atoms with van der Waals surface area (Å²) < 4.78 is 26.2.